The third-order valence-electron chi connectivity index (χ3n) is 1.75. The van der Waals surface area contributed by atoms with Gasteiger partial charge in [-0.3, -0.25) is 0 Å². The van der Waals surface area contributed by atoms with E-state index in [1.165, 1.54) is 6.26 Å². The Hall–Kier alpha value is -0.690. The van der Waals surface area contributed by atoms with Crippen LogP contribution in [0.3, 0.4) is 0 Å². The lowest BCUT2D eigenvalue weighted by Gasteiger charge is -2.15. The zero-order chi connectivity index (χ0) is 11.5. The van der Waals surface area contributed by atoms with Crippen molar-refractivity contribution >= 4 is 31.7 Å². The summed E-state index contributed by atoms with van der Waals surface area (Å²) in [4.78, 5) is 9.81. The van der Waals surface area contributed by atoms with E-state index in [4.69, 9.17) is 0 Å². The van der Waals surface area contributed by atoms with Gasteiger partial charge in [0, 0.05) is 32.2 Å². The molecule has 0 N–H and O–H groups in total. The van der Waals surface area contributed by atoms with Crippen molar-refractivity contribution < 1.29 is 8.42 Å². The fourth-order valence-corrected chi connectivity index (χ4v) is 1.72. The number of halogens is 1. The minimum Gasteiger partial charge on any atom is -0.343 e. The molecule has 1 aromatic heterocycles. The Morgan fingerprint density at radius 1 is 1.40 bits per heavy atom. The van der Waals surface area contributed by atoms with Crippen LogP contribution in [0, 0.1) is 0 Å². The van der Waals surface area contributed by atoms with Gasteiger partial charge in [0.2, 0.25) is 5.95 Å². The summed E-state index contributed by atoms with van der Waals surface area (Å²) in [5, 5.41) is 0. The van der Waals surface area contributed by atoms with Gasteiger partial charge in [0.15, 0.2) is 0 Å². The average Bonchev–Trinajstić information content (AvgIpc) is 2.14. The highest BCUT2D eigenvalue weighted by atomic mass is 79.9. The molecule has 0 amide bonds. The number of nitrogens with zero attached hydrogens (tertiary/aromatic N) is 3. The molecule has 0 spiro atoms. The maximum atomic E-state index is 10.9. The van der Waals surface area contributed by atoms with E-state index in [-0.39, 0.29) is 5.75 Å². The van der Waals surface area contributed by atoms with E-state index in [2.05, 4.69) is 25.9 Å². The first-order valence-corrected chi connectivity index (χ1v) is 7.10. The van der Waals surface area contributed by atoms with Crippen LogP contribution in [0.4, 0.5) is 5.95 Å². The Morgan fingerprint density at radius 3 is 2.40 bits per heavy atom. The van der Waals surface area contributed by atoms with Crippen LogP contribution in [0.25, 0.3) is 0 Å². The van der Waals surface area contributed by atoms with Crippen LogP contribution in [0.5, 0.6) is 0 Å². The van der Waals surface area contributed by atoms with Gasteiger partial charge >= 0.3 is 0 Å². The minimum absolute atomic E-state index is 0.100. The zero-order valence-corrected chi connectivity index (χ0v) is 10.9. The monoisotopic (exact) mass is 293 g/mol. The SMILES string of the molecule is CN(CCS(C)(=O)=O)c1ncc(Br)cn1. The molecule has 5 nitrogen and oxygen atoms in total. The van der Waals surface area contributed by atoms with Crippen LogP contribution in [0.15, 0.2) is 16.9 Å². The second-order valence-corrected chi connectivity index (χ2v) is 6.43. The number of sulfone groups is 1. The molecule has 0 atom stereocenters. The molecule has 1 heterocycles. The summed E-state index contributed by atoms with van der Waals surface area (Å²) >= 11 is 3.23. The number of hydrogen-bond acceptors (Lipinski definition) is 5. The highest BCUT2D eigenvalue weighted by Crippen LogP contribution is 2.09. The molecule has 0 unspecified atom stereocenters. The van der Waals surface area contributed by atoms with Crippen LogP contribution in [-0.2, 0) is 9.84 Å². The second kappa shape index (κ2) is 4.89. The van der Waals surface area contributed by atoms with Crippen LogP contribution < -0.4 is 4.90 Å². The van der Waals surface area contributed by atoms with Crippen LogP contribution in [-0.4, -0.2) is 44.0 Å². The Kier molecular flexibility index (Phi) is 4.04. The first kappa shape index (κ1) is 12.4. The molecule has 0 saturated heterocycles. The van der Waals surface area contributed by atoms with E-state index in [9.17, 15) is 8.42 Å². The summed E-state index contributed by atoms with van der Waals surface area (Å²) in [6.07, 6.45) is 4.46. The molecule has 0 bridgehead atoms. The Morgan fingerprint density at radius 2 is 1.93 bits per heavy atom. The molecule has 0 aliphatic carbocycles. The van der Waals surface area contributed by atoms with E-state index in [1.807, 2.05) is 0 Å². The van der Waals surface area contributed by atoms with Crippen LogP contribution >= 0.6 is 15.9 Å². The van der Waals surface area contributed by atoms with Crippen molar-refractivity contribution in [2.75, 3.05) is 30.5 Å². The summed E-state index contributed by atoms with van der Waals surface area (Å²) in [6.45, 7) is 0.389. The third kappa shape index (κ3) is 4.57. The first-order chi connectivity index (χ1) is 6.88. The predicted molar refractivity (Wildman–Crippen MR) is 62.7 cm³/mol. The molecule has 0 saturated carbocycles. The van der Waals surface area contributed by atoms with Gasteiger partial charge in [0.25, 0.3) is 0 Å². The fourth-order valence-electron chi connectivity index (χ4n) is 0.905. The van der Waals surface area contributed by atoms with Crippen molar-refractivity contribution in [3.05, 3.63) is 16.9 Å². The van der Waals surface area contributed by atoms with Crippen molar-refractivity contribution in [1.29, 1.82) is 0 Å². The standard InChI is InChI=1S/C8H12BrN3O2S/c1-12(3-4-15(2,13)14)8-10-5-7(9)6-11-8/h5-6H,3-4H2,1-2H3. The molecule has 7 heteroatoms. The second-order valence-electron chi connectivity index (χ2n) is 3.25. The molecular weight excluding hydrogens is 282 g/mol. The smallest absolute Gasteiger partial charge is 0.225 e. The Bertz CT molecular complexity index is 418. The molecule has 0 aromatic carbocycles. The fraction of sp³-hybridized carbons (Fsp3) is 0.500. The predicted octanol–water partition coefficient (Wildman–Crippen LogP) is 0.720. The highest BCUT2D eigenvalue weighted by Gasteiger charge is 2.07. The molecule has 1 rings (SSSR count). The molecule has 0 fully saturated rings. The van der Waals surface area contributed by atoms with E-state index >= 15 is 0 Å². The van der Waals surface area contributed by atoms with Gasteiger partial charge in [-0.2, -0.15) is 0 Å². The molecule has 0 radical (unpaired) electrons. The Balaban J connectivity index is 2.61. The van der Waals surface area contributed by atoms with Crippen molar-refractivity contribution in [3.63, 3.8) is 0 Å². The topological polar surface area (TPSA) is 63.2 Å². The highest BCUT2D eigenvalue weighted by molar-refractivity contribution is 9.10. The number of rotatable bonds is 4. The lowest BCUT2D eigenvalue weighted by molar-refractivity contribution is 0.601. The van der Waals surface area contributed by atoms with Gasteiger partial charge in [0.05, 0.1) is 10.2 Å². The molecule has 1 aromatic rings. The zero-order valence-electron chi connectivity index (χ0n) is 8.51. The normalized spacial score (nSPS) is 11.4. The number of anilines is 1. The molecule has 84 valence electrons. The quantitative estimate of drug-likeness (QED) is 0.819. The summed E-state index contributed by atoms with van der Waals surface area (Å²) in [6, 6.07) is 0. The van der Waals surface area contributed by atoms with Gasteiger partial charge in [-0.05, 0) is 15.9 Å². The average molecular weight is 294 g/mol. The third-order valence-corrected chi connectivity index (χ3v) is 3.08. The number of aromatic nitrogens is 2. The van der Waals surface area contributed by atoms with E-state index in [0.717, 1.165) is 4.47 Å². The summed E-state index contributed by atoms with van der Waals surface area (Å²) < 4.78 is 22.7. The molecular formula is C8H12BrN3O2S. The van der Waals surface area contributed by atoms with E-state index in [1.54, 1.807) is 24.3 Å². The first-order valence-electron chi connectivity index (χ1n) is 4.25. The van der Waals surface area contributed by atoms with Crippen molar-refractivity contribution in [3.8, 4) is 0 Å². The van der Waals surface area contributed by atoms with Crippen molar-refractivity contribution in [2.45, 2.75) is 0 Å². The summed E-state index contributed by atoms with van der Waals surface area (Å²) in [5.41, 5.74) is 0. The van der Waals surface area contributed by atoms with Gasteiger partial charge in [-0.15, -0.1) is 0 Å². The summed E-state index contributed by atoms with van der Waals surface area (Å²) in [5.74, 6) is 0.616. The molecule has 15 heavy (non-hydrogen) atoms. The van der Waals surface area contributed by atoms with Crippen LogP contribution in [0.1, 0.15) is 0 Å². The maximum absolute atomic E-state index is 10.9. The maximum Gasteiger partial charge on any atom is 0.225 e. The van der Waals surface area contributed by atoms with E-state index in [0.29, 0.717) is 12.5 Å². The minimum atomic E-state index is -2.94. The summed E-state index contributed by atoms with van der Waals surface area (Å²) in [7, 11) is -1.18. The lowest BCUT2D eigenvalue weighted by Crippen LogP contribution is -2.26. The van der Waals surface area contributed by atoms with Crippen molar-refractivity contribution in [1.82, 2.24) is 9.97 Å². The molecule has 0 aliphatic heterocycles. The van der Waals surface area contributed by atoms with E-state index < -0.39 is 9.84 Å². The van der Waals surface area contributed by atoms with Gasteiger partial charge in [-0.1, -0.05) is 0 Å². The van der Waals surface area contributed by atoms with Gasteiger partial charge in [-0.25, -0.2) is 18.4 Å². The Labute approximate surface area is 97.6 Å². The van der Waals surface area contributed by atoms with Gasteiger partial charge in [0.1, 0.15) is 9.84 Å². The number of hydrogen-bond donors (Lipinski definition) is 0. The lowest BCUT2D eigenvalue weighted by atomic mass is 10.6. The van der Waals surface area contributed by atoms with Gasteiger partial charge < -0.3 is 4.90 Å². The van der Waals surface area contributed by atoms with Crippen LogP contribution in [0.2, 0.25) is 0 Å². The molecule has 0 aliphatic rings. The van der Waals surface area contributed by atoms with Crippen molar-refractivity contribution in [2.24, 2.45) is 0 Å². The largest absolute Gasteiger partial charge is 0.343 e.